The number of hydrogen-bond acceptors (Lipinski definition) is 5. The van der Waals surface area contributed by atoms with Crippen LogP contribution in [0.25, 0.3) is 78.0 Å². The fourth-order valence-electron chi connectivity index (χ4n) is 5.64. The van der Waals surface area contributed by atoms with Crippen LogP contribution in [-0.4, -0.2) is 15.0 Å². The normalized spacial score (nSPS) is 14.0. The molecule has 2 heterocycles. The zero-order chi connectivity index (χ0) is 39.7. The summed E-state index contributed by atoms with van der Waals surface area (Å²) in [5.74, 6) is 0.675. The molecule has 0 amide bonds. The Labute approximate surface area is 294 Å². The topological polar surface area (TPSA) is 51.8 Å². The highest BCUT2D eigenvalue weighted by molar-refractivity contribution is 7.99. The summed E-state index contributed by atoms with van der Waals surface area (Å²) in [6, 6.07) is 30.5. The van der Waals surface area contributed by atoms with Crippen molar-refractivity contribution in [1.82, 2.24) is 15.0 Å². The summed E-state index contributed by atoms with van der Waals surface area (Å²) in [4.78, 5) is 14.8. The highest BCUT2D eigenvalue weighted by atomic mass is 32.2. The van der Waals surface area contributed by atoms with Crippen molar-refractivity contribution in [3.05, 3.63) is 164 Å². The summed E-state index contributed by atoms with van der Waals surface area (Å²) in [6.45, 7) is 0. The standard InChI is InChI=1S/C43H27N3OS/c1-3-11-28(12-4-1)31-22-24-38-37(26-31)36-23-21-33(27-39(36)47-38)43-45-41(30-14-5-2-6-15-30)44-42(46-43)32-17-9-18-34(25-32)48-40-20-10-16-29-13-7-8-19-35(29)40/h1-27H/i7D,8D,9D,10D,13D,16D,17D,18D,19D. The highest BCUT2D eigenvalue weighted by Crippen LogP contribution is 2.37. The van der Waals surface area contributed by atoms with Crippen LogP contribution in [0.3, 0.4) is 0 Å². The first-order valence-corrected chi connectivity index (χ1v) is 15.9. The lowest BCUT2D eigenvalue weighted by atomic mass is 10.0. The number of furan rings is 1. The first-order valence-electron chi connectivity index (χ1n) is 19.6. The molecule has 9 rings (SSSR count). The molecular formula is C43H27N3OS. The lowest BCUT2D eigenvalue weighted by molar-refractivity contribution is 0.669. The van der Waals surface area contributed by atoms with Crippen molar-refractivity contribution in [2.75, 3.05) is 0 Å². The molecule has 0 unspecified atom stereocenters. The summed E-state index contributed by atoms with van der Waals surface area (Å²) in [7, 11) is 0. The predicted octanol–water partition coefficient (Wildman–Crippen LogP) is 11.7. The van der Waals surface area contributed by atoms with E-state index < -0.39 is 24.2 Å². The number of rotatable bonds is 6. The number of nitrogens with zero attached hydrogens (tertiary/aromatic N) is 3. The number of aromatic nitrogens is 3. The van der Waals surface area contributed by atoms with Gasteiger partial charge >= 0.3 is 0 Å². The van der Waals surface area contributed by atoms with Gasteiger partial charge in [-0.25, -0.2) is 15.0 Å². The van der Waals surface area contributed by atoms with Crippen molar-refractivity contribution in [3.63, 3.8) is 0 Å². The number of benzene rings is 7. The Kier molecular flexibility index (Phi) is 5.04. The molecule has 5 heteroatoms. The van der Waals surface area contributed by atoms with Gasteiger partial charge < -0.3 is 4.42 Å². The molecule has 0 fully saturated rings. The maximum absolute atomic E-state index is 8.97. The van der Waals surface area contributed by atoms with Crippen molar-refractivity contribution in [3.8, 4) is 45.3 Å². The van der Waals surface area contributed by atoms with Crippen LogP contribution in [0.1, 0.15) is 12.3 Å². The van der Waals surface area contributed by atoms with Gasteiger partial charge in [0.15, 0.2) is 17.5 Å². The molecule has 2 aromatic heterocycles. The molecule has 48 heavy (non-hydrogen) atoms. The average molecular weight is 643 g/mol. The van der Waals surface area contributed by atoms with Crippen LogP contribution < -0.4 is 0 Å². The first-order chi connectivity index (χ1) is 27.5. The summed E-state index contributed by atoms with van der Waals surface area (Å²) in [5, 5.41) is 1.79. The van der Waals surface area contributed by atoms with Crippen molar-refractivity contribution in [1.29, 1.82) is 0 Å². The van der Waals surface area contributed by atoms with E-state index in [9.17, 15) is 0 Å². The Morgan fingerprint density at radius 3 is 2.00 bits per heavy atom. The Morgan fingerprint density at radius 2 is 1.17 bits per heavy atom. The van der Waals surface area contributed by atoms with Crippen LogP contribution in [0.15, 0.2) is 178 Å². The van der Waals surface area contributed by atoms with Crippen molar-refractivity contribution < 1.29 is 16.8 Å². The number of hydrogen-bond donors (Lipinski definition) is 0. The second-order valence-electron chi connectivity index (χ2n) is 11.0. The highest BCUT2D eigenvalue weighted by Gasteiger charge is 2.16. The van der Waals surface area contributed by atoms with E-state index in [1.807, 2.05) is 78.9 Å². The summed E-state index contributed by atoms with van der Waals surface area (Å²) < 4.78 is 83.4. The molecule has 0 saturated carbocycles. The molecule has 0 radical (unpaired) electrons. The lowest BCUT2D eigenvalue weighted by Gasteiger charge is -2.10. The maximum Gasteiger partial charge on any atom is 0.164 e. The summed E-state index contributed by atoms with van der Waals surface area (Å²) >= 11 is 0.914. The van der Waals surface area contributed by atoms with E-state index in [0.29, 0.717) is 22.5 Å². The van der Waals surface area contributed by atoms with Crippen molar-refractivity contribution >= 4 is 44.5 Å². The molecule has 7 aromatic carbocycles. The van der Waals surface area contributed by atoms with Crippen LogP contribution in [0, 0.1) is 0 Å². The third kappa shape index (κ3) is 5.30. The Bertz CT molecular complexity index is 3110. The van der Waals surface area contributed by atoms with Gasteiger partial charge in [-0.05, 0) is 64.3 Å². The second kappa shape index (κ2) is 12.0. The Balaban J connectivity index is 1.20. The van der Waals surface area contributed by atoms with Crippen LogP contribution in [0.4, 0.5) is 0 Å². The van der Waals surface area contributed by atoms with Crippen LogP contribution >= 0.6 is 11.8 Å². The van der Waals surface area contributed by atoms with Gasteiger partial charge in [0.25, 0.3) is 0 Å². The van der Waals surface area contributed by atoms with E-state index in [2.05, 4.69) is 18.2 Å². The molecule has 0 spiro atoms. The Hall–Kier alpha value is -6.04. The molecule has 0 N–H and O–H groups in total. The minimum Gasteiger partial charge on any atom is -0.456 e. The molecule has 226 valence electrons. The van der Waals surface area contributed by atoms with Gasteiger partial charge in [0.05, 0.1) is 12.3 Å². The van der Waals surface area contributed by atoms with E-state index in [1.165, 1.54) is 12.1 Å². The minimum absolute atomic E-state index is 0.0283. The lowest BCUT2D eigenvalue weighted by Crippen LogP contribution is -2.00. The van der Waals surface area contributed by atoms with Gasteiger partial charge in [-0.15, -0.1) is 0 Å². The van der Waals surface area contributed by atoms with Crippen molar-refractivity contribution in [2.24, 2.45) is 0 Å². The second-order valence-corrected chi connectivity index (χ2v) is 12.1. The zero-order valence-corrected chi connectivity index (χ0v) is 25.9. The van der Waals surface area contributed by atoms with Gasteiger partial charge in [-0.3, -0.25) is 0 Å². The molecule has 0 aliphatic carbocycles. The predicted molar refractivity (Wildman–Crippen MR) is 197 cm³/mol. The summed E-state index contributed by atoms with van der Waals surface area (Å²) in [5.41, 5.74) is 4.94. The Morgan fingerprint density at radius 1 is 0.458 bits per heavy atom. The quantitative estimate of drug-likeness (QED) is 0.181. The van der Waals surface area contributed by atoms with Gasteiger partial charge in [0.2, 0.25) is 0 Å². The van der Waals surface area contributed by atoms with Gasteiger partial charge in [-0.1, -0.05) is 133 Å². The summed E-state index contributed by atoms with van der Waals surface area (Å²) in [6.07, 6.45) is 0. The van der Waals surface area contributed by atoms with E-state index in [0.717, 1.165) is 39.2 Å². The van der Waals surface area contributed by atoms with Gasteiger partial charge in [0.1, 0.15) is 11.2 Å². The fourth-order valence-corrected chi connectivity index (χ4v) is 6.53. The molecule has 0 atom stereocenters. The van der Waals surface area contributed by atoms with E-state index >= 15 is 0 Å². The molecule has 0 aliphatic heterocycles. The SMILES string of the molecule is [2H]c1cc(Sc2cc(-c3nc(-c4ccccc4)nc(-c4ccc5c(c4)oc4ccc(-c6ccccc6)cc45)n3)c([2H])c([2H])c2[2H])c2c([2H])c([2H])c([2H])c([2H])c2c1[2H]. The fraction of sp³-hybridized carbons (Fsp3) is 0. The molecule has 0 bridgehead atoms. The van der Waals surface area contributed by atoms with Crippen LogP contribution in [0.5, 0.6) is 0 Å². The molecule has 4 nitrogen and oxygen atoms in total. The first kappa shape index (κ1) is 20.3. The zero-order valence-electron chi connectivity index (χ0n) is 34.1. The average Bonchev–Trinajstić information content (AvgIpc) is 3.61. The molecule has 9 aromatic rings. The molecular weight excluding hydrogens is 607 g/mol. The van der Waals surface area contributed by atoms with Gasteiger partial charge in [-0.2, -0.15) is 0 Å². The van der Waals surface area contributed by atoms with E-state index in [-0.39, 0.29) is 68.0 Å². The van der Waals surface area contributed by atoms with Crippen LogP contribution in [-0.2, 0) is 0 Å². The largest absolute Gasteiger partial charge is 0.456 e. The van der Waals surface area contributed by atoms with Crippen molar-refractivity contribution in [2.45, 2.75) is 9.79 Å². The molecule has 0 saturated heterocycles. The third-order valence-corrected chi connectivity index (χ3v) is 8.94. The molecule has 0 aliphatic rings. The third-order valence-electron chi connectivity index (χ3n) is 7.96. The van der Waals surface area contributed by atoms with E-state index in [1.54, 1.807) is 0 Å². The monoisotopic (exact) mass is 642 g/mol. The van der Waals surface area contributed by atoms with Crippen LogP contribution in [0.2, 0.25) is 0 Å². The number of fused-ring (bicyclic) bond motifs is 4. The van der Waals surface area contributed by atoms with E-state index in [4.69, 9.17) is 31.7 Å². The van der Waals surface area contributed by atoms with Gasteiger partial charge in [0, 0.05) is 37.3 Å². The minimum atomic E-state index is -0.519. The smallest absolute Gasteiger partial charge is 0.164 e. The maximum atomic E-state index is 8.97.